The SMILES string of the molecule is COc1cn2ccnc2cc1-c1cnc(N(C)c2nn(C3CCC(CN4CCN(c5ccc6c(c5)CN(C5CCC(=O)NC5=O)C6=O)CC4)CC3)c3c2CN(C(C)=O)CC3)cc1C(F)F. The van der Waals surface area contributed by atoms with Gasteiger partial charge in [-0.1, -0.05) is 0 Å². The van der Waals surface area contributed by atoms with Crippen molar-refractivity contribution in [2.45, 2.75) is 83.5 Å². The lowest BCUT2D eigenvalue weighted by molar-refractivity contribution is -0.137. The molecule has 4 aromatic heterocycles. The molecular weight excluding hydrogens is 837 g/mol. The number of nitrogens with zero attached hydrogens (tertiary/aromatic N) is 10. The van der Waals surface area contributed by atoms with Crippen molar-refractivity contribution in [3.8, 4) is 16.9 Å². The molecule has 1 unspecified atom stereocenters. The average molecular weight is 890 g/mol. The van der Waals surface area contributed by atoms with E-state index in [-0.39, 0.29) is 41.3 Å². The molecule has 4 amide bonds. The number of amides is 4. The summed E-state index contributed by atoms with van der Waals surface area (Å²) < 4.78 is 39.3. The van der Waals surface area contributed by atoms with Gasteiger partial charge in [0.2, 0.25) is 17.7 Å². The van der Waals surface area contributed by atoms with Crippen molar-refractivity contribution in [1.29, 1.82) is 0 Å². The Kier molecular flexibility index (Phi) is 11.2. The first-order valence-corrected chi connectivity index (χ1v) is 22.6. The minimum absolute atomic E-state index is 0.0219. The first-order chi connectivity index (χ1) is 31.4. The predicted octanol–water partition coefficient (Wildman–Crippen LogP) is 5.53. The number of piperidine rings is 1. The Morgan fingerprint density at radius 2 is 1.74 bits per heavy atom. The summed E-state index contributed by atoms with van der Waals surface area (Å²) in [6, 6.07) is 8.66. The van der Waals surface area contributed by atoms with Gasteiger partial charge in [-0.3, -0.25) is 34.1 Å². The number of piperazine rings is 1. The summed E-state index contributed by atoms with van der Waals surface area (Å²) >= 11 is 0. The number of pyridine rings is 2. The molecule has 4 aliphatic heterocycles. The molecule has 1 aliphatic carbocycles. The highest BCUT2D eigenvalue weighted by atomic mass is 19.3. The van der Waals surface area contributed by atoms with Crippen molar-refractivity contribution >= 4 is 46.6 Å². The van der Waals surface area contributed by atoms with Crippen LogP contribution in [0.15, 0.2) is 55.1 Å². The van der Waals surface area contributed by atoms with Gasteiger partial charge in [-0.05, 0) is 73.9 Å². The Hall–Kier alpha value is -6.43. The number of anilines is 3. The van der Waals surface area contributed by atoms with E-state index >= 15 is 0 Å². The number of aromatic nitrogens is 5. The van der Waals surface area contributed by atoms with E-state index in [9.17, 15) is 28.0 Å². The van der Waals surface area contributed by atoms with Crippen LogP contribution in [0.3, 0.4) is 0 Å². The molecule has 1 saturated carbocycles. The fourth-order valence-corrected chi connectivity index (χ4v) is 10.6. The molecular formula is C47H53F2N11O5. The van der Waals surface area contributed by atoms with E-state index in [0.29, 0.717) is 72.6 Å². The fraction of sp³-hybridized carbons (Fsp3) is 0.468. The van der Waals surface area contributed by atoms with E-state index < -0.39 is 18.4 Å². The second-order valence-corrected chi connectivity index (χ2v) is 18.0. The average Bonchev–Trinajstić information content (AvgIpc) is 4.03. The second-order valence-electron chi connectivity index (χ2n) is 18.0. The molecule has 8 heterocycles. The number of ether oxygens (including phenoxy) is 1. The van der Waals surface area contributed by atoms with Crippen LogP contribution in [-0.2, 0) is 33.9 Å². The van der Waals surface area contributed by atoms with Crippen LogP contribution in [-0.4, -0.2) is 122 Å². The molecule has 0 spiro atoms. The van der Waals surface area contributed by atoms with Crippen LogP contribution < -0.4 is 19.9 Å². The number of carbonyl (C=O) groups excluding carboxylic acids is 4. The van der Waals surface area contributed by atoms with Gasteiger partial charge in [0.05, 0.1) is 25.9 Å². The number of nitrogens with one attached hydrogen (secondary N) is 1. The molecule has 1 aromatic carbocycles. The number of imide groups is 1. The summed E-state index contributed by atoms with van der Waals surface area (Å²) in [7, 11) is 3.30. The molecule has 16 nitrogen and oxygen atoms in total. The highest BCUT2D eigenvalue weighted by molar-refractivity contribution is 6.05. The smallest absolute Gasteiger partial charge is 0.264 e. The number of hydrogen-bond donors (Lipinski definition) is 1. The number of alkyl halides is 2. The Morgan fingerprint density at radius 3 is 2.48 bits per heavy atom. The Bertz CT molecular complexity index is 2690. The third-order valence-corrected chi connectivity index (χ3v) is 14.3. The first kappa shape index (κ1) is 42.5. The van der Waals surface area contributed by atoms with Crippen molar-refractivity contribution < 1.29 is 32.7 Å². The molecule has 0 radical (unpaired) electrons. The Balaban J connectivity index is 0.798. The summed E-state index contributed by atoms with van der Waals surface area (Å²) in [4.78, 5) is 69.2. The highest BCUT2D eigenvalue weighted by Crippen LogP contribution is 2.42. The topological polar surface area (TPSA) is 154 Å². The lowest BCUT2D eigenvalue weighted by Crippen LogP contribution is -2.52. The maximum atomic E-state index is 14.9. The molecule has 1 N–H and O–H groups in total. The number of carbonyl (C=O) groups is 4. The van der Waals surface area contributed by atoms with E-state index in [4.69, 9.17) is 14.8 Å². The zero-order valence-electron chi connectivity index (χ0n) is 36.9. The maximum absolute atomic E-state index is 14.9. The summed E-state index contributed by atoms with van der Waals surface area (Å²) in [5.74, 6) is 1.03. The van der Waals surface area contributed by atoms with Gasteiger partial charge in [-0.25, -0.2) is 18.7 Å². The lowest BCUT2D eigenvalue weighted by Gasteiger charge is -2.39. The quantitative estimate of drug-likeness (QED) is 0.176. The van der Waals surface area contributed by atoms with Crippen molar-refractivity contribution in [3.05, 3.63) is 83.1 Å². The normalized spacial score (nSPS) is 21.5. The number of hydrogen-bond acceptors (Lipinski definition) is 11. The van der Waals surface area contributed by atoms with E-state index in [2.05, 4.69) is 30.8 Å². The summed E-state index contributed by atoms with van der Waals surface area (Å²) in [6.45, 7) is 7.55. The molecule has 1 atom stereocenters. The molecule has 18 heteroatoms. The largest absolute Gasteiger partial charge is 0.495 e. The number of fused-ring (bicyclic) bond motifs is 3. The summed E-state index contributed by atoms with van der Waals surface area (Å²) in [6.07, 6.45) is 9.07. The first-order valence-electron chi connectivity index (χ1n) is 22.6. The predicted molar refractivity (Wildman–Crippen MR) is 237 cm³/mol. The van der Waals surface area contributed by atoms with Crippen molar-refractivity contribution in [1.82, 2.24) is 44.2 Å². The Morgan fingerprint density at radius 1 is 0.938 bits per heavy atom. The summed E-state index contributed by atoms with van der Waals surface area (Å²) in [5, 5.41) is 7.59. The fourth-order valence-electron chi connectivity index (χ4n) is 10.6. The van der Waals surface area contributed by atoms with E-state index in [0.717, 1.165) is 80.9 Å². The molecule has 10 rings (SSSR count). The van der Waals surface area contributed by atoms with Crippen LogP contribution in [0.25, 0.3) is 16.8 Å². The van der Waals surface area contributed by atoms with Crippen LogP contribution in [0.5, 0.6) is 5.75 Å². The minimum Gasteiger partial charge on any atom is -0.495 e. The standard InChI is InChI=1S/C47H53F2N11O5/c1-28(61)57-14-12-38-37(26-57)45(54(2)41-22-35(44(48)49)36(23-51-41)34-21-42-50-13-15-58(42)27-40(34)65-3)53-60(38)31-6-4-29(5-7-31)24-55-16-18-56(19-17-55)32-8-9-33-30(20-32)25-59(47(33)64)39-10-11-43(62)52-46(39)63/h8-9,13,15,20-23,27,29,31,39,44H,4-7,10-12,14,16-19,24-26H2,1-3H3,(H,52,62,63). The molecule has 65 heavy (non-hydrogen) atoms. The molecule has 0 bridgehead atoms. The molecule has 5 aliphatic rings. The molecule has 340 valence electrons. The van der Waals surface area contributed by atoms with Gasteiger partial charge in [0, 0.05) is 130 Å². The Labute approximate surface area is 375 Å². The third kappa shape index (κ3) is 7.95. The van der Waals surface area contributed by atoms with Gasteiger partial charge in [0.1, 0.15) is 23.3 Å². The number of halogens is 2. The number of methoxy groups -OCH3 is 1. The monoisotopic (exact) mass is 889 g/mol. The minimum atomic E-state index is -2.79. The number of rotatable bonds is 10. The third-order valence-electron chi connectivity index (χ3n) is 14.3. The van der Waals surface area contributed by atoms with Gasteiger partial charge >= 0.3 is 0 Å². The van der Waals surface area contributed by atoms with E-state index in [1.165, 1.54) is 19.4 Å². The van der Waals surface area contributed by atoms with E-state index in [1.54, 1.807) is 52.8 Å². The van der Waals surface area contributed by atoms with Crippen molar-refractivity contribution in [3.63, 3.8) is 0 Å². The zero-order chi connectivity index (χ0) is 45.1. The van der Waals surface area contributed by atoms with Crippen LogP contribution >= 0.6 is 0 Å². The van der Waals surface area contributed by atoms with Crippen LogP contribution in [0.2, 0.25) is 0 Å². The van der Waals surface area contributed by atoms with Gasteiger partial charge in [0.25, 0.3) is 12.3 Å². The second kappa shape index (κ2) is 17.2. The highest BCUT2D eigenvalue weighted by Gasteiger charge is 2.40. The maximum Gasteiger partial charge on any atom is 0.264 e. The molecule has 2 saturated heterocycles. The summed E-state index contributed by atoms with van der Waals surface area (Å²) in [5.41, 5.74) is 5.76. The van der Waals surface area contributed by atoms with Gasteiger partial charge in [-0.15, -0.1) is 0 Å². The van der Waals surface area contributed by atoms with Crippen molar-refractivity contribution in [2.75, 3.05) is 63.2 Å². The van der Waals surface area contributed by atoms with Crippen LogP contribution in [0, 0.1) is 5.92 Å². The lowest BCUT2D eigenvalue weighted by atomic mass is 9.85. The van der Waals surface area contributed by atoms with Crippen LogP contribution in [0.4, 0.5) is 26.1 Å². The van der Waals surface area contributed by atoms with Crippen molar-refractivity contribution in [2.24, 2.45) is 5.92 Å². The molecule has 5 aromatic rings. The van der Waals surface area contributed by atoms with Gasteiger partial charge in [-0.2, -0.15) is 5.10 Å². The van der Waals surface area contributed by atoms with Gasteiger partial charge < -0.3 is 28.7 Å². The number of benzene rings is 1. The zero-order valence-corrected chi connectivity index (χ0v) is 36.9. The van der Waals surface area contributed by atoms with Gasteiger partial charge in [0.15, 0.2) is 5.82 Å². The van der Waals surface area contributed by atoms with Crippen LogP contribution in [0.1, 0.15) is 90.7 Å². The number of imidazole rings is 1. The molecule has 3 fully saturated rings. The van der Waals surface area contributed by atoms with E-state index in [1.807, 2.05) is 17.0 Å².